The van der Waals surface area contributed by atoms with Crippen molar-refractivity contribution in [2.45, 2.75) is 44.6 Å². The number of nitrogens with zero attached hydrogens (tertiary/aromatic N) is 4. The molecule has 1 atom stereocenters. The Balaban J connectivity index is 1.56. The smallest absolute Gasteiger partial charge is 0.406 e. The molecular weight excluding hydrogens is 385 g/mol. The zero-order valence-corrected chi connectivity index (χ0v) is 15.9. The van der Waals surface area contributed by atoms with Crippen LogP contribution in [0.5, 0.6) is 5.75 Å². The van der Waals surface area contributed by atoms with Gasteiger partial charge in [-0.05, 0) is 31.4 Å². The van der Waals surface area contributed by atoms with Gasteiger partial charge in [-0.3, -0.25) is 4.79 Å². The molecule has 1 amide bonds. The molecule has 0 radical (unpaired) electrons. The lowest BCUT2D eigenvalue weighted by atomic mass is 10.1. The van der Waals surface area contributed by atoms with E-state index in [0.29, 0.717) is 11.6 Å². The average Bonchev–Trinajstić information content (AvgIpc) is 3.12. The van der Waals surface area contributed by atoms with Gasteiger partial charge in [0.25, 0.3) is 5.91 Å². The van der Waals surface area contributed by atoms with Crippen LogP contribution >= 0.6 is 0 Å². The molecule has 1 saturated heterocycles. The van der Waals surface area contributed by atoms with Crippen molar-refractivity contribution in [1.82, 2.24) is 14.5 Å². The summed E-state index contributed by atoms with van der Waals surface area (Å²) in [4.78, 5) is 20.8. The molecular formula is C20H23F3N4O2. The Morgan fingerprint density at radius 3 is 2.69 bits per heavy atom. The van der Waals surface area contributed by atoms with Gasteiger partial charge in [-0.15, -0.1) is 0 Å². The Morgan fingerprint density at radius 1 is 1.17 bits per heavy atom. The van der Waals surface area contributed by atoms with E-state index in [4.69, 9.17) is 4.74 Å². The van der Waals surface area contributed by atoms with Crippen LogP contribution in [-0.2, 0) is 17.9 Å². The van der Waals surface area contributed by atoms with E-state index in [0.717, 1.165) is 42.6 Å². The molecule has 0 N–H and O–H groups in total. The molecule has 2 aliphatic rings. The van der Waals surface area contributed by atoms with Crippen LogP contribution in [0.1, 0.15) is 25.1 Å². The van der Waals surface area contributed by atoms with E-state index in [1.54, 1.807) is 6.07 Å². The summed E-state index contributed by atoms with van der Waals surface area (Å²) in [6.45, 7) is 0.773. The van der Waals surface area contributed by atoms with Crippen molar-refractivity contribution in [3.63, 3.8) is 0 Å². The molecule has 6 nitrogen and oxygen atoms in total. The second-order valence-electron chi connectivity index (χ2n) is 7.43. The quantitative estimate of drug-likeness (QED) is 0.780. The van der Waals surface area contributed by atoms with Gasteiger partial charge in [0.2, 0.25) is 0 Å². The molecule has 0 spiro atoms. The summed E-state index contributed by atoms with van der Waals surface area (Å²) in [5, 5.41) is 0. The zero-order valence-electron chi connectivity index (χ0n) is 15.9. The number of fused-ring (bicyclic) bond motifs is 1. The molecule has 1 unspecified atom stereocenters. The lowest BCUT2D eigenvalue weighted by molar-refractivity contribution is -0.141. The van der Waals surface area contributed by atoms with Gasteiger partial charge in [-0.2, -0.15) is 13.2 Å². The SMILES string of the molecule is O=C(C1CN(Cc2nccn2CC(F)(F)F)c2ccccc2O1)N1CCCCC1. The van der Waals surface area contributed by atoms with Crippen LogP contribution in [0.3, 0.4) is 0 Å². The van der Waals surface area contributed by atoms with Crippen LogP contribution < -0.4 is 9.64 Å². The number of benzene rings is 1. The van der Waals surface area contributed by atoms with E-state index in [2.05, 4.69) is 4.98 Å². The predicted molar refractivity (Wildman–Crippen MR) is 101 cm³/mol. The Hall–Kier alpha value is -2.71. The second kappa shape index (κ2) is 7.96. The van der Waals surface area contributed by atoms with Crippen LogP contribution in [-0.4, -0.2) is 52.3 Å². The number of imidazole rings is 1. The topological polar surface area (TPSA) is 50.6 Å². The van der Waals surface area contributed by atoms with Crippen LogP contribution in [0.2, 0.25) is 0 Å². The molecule has 2 aromatic rings. The third kappa shape index (κ3) is 4.49. The Kier molecular flexibility index (Phi) is 5.38. The zero-order chi connectivity index (χ0) is 20.4. The third-order valence-corrected chi connectivity index (χ3v) is 5.29. The van der Waals surface area contributed by atoms with Crippen LogP contribution in [0, 0.1) is 0 Å². The number of para-hydroxylation sites is 2. The lowest BCUT2D eigenvalue weighted by Gasteiger charge is -2.38. The van der Waals surface area contributed by atoms with E-state index in [1.165, 1.54) is 12.4 Å². The van der Waals surface area contributed by atoms with Crippen LogP contribution in [0.25, 0.3) is 0 Å². The van der Waals surface area contributed by atoms with Gasteiger partial charge in [0.15, 0.2) is 6.10 Å². The van der Waals surface area contributed by atoms with Crippen molar-refractivity contribution < 1.29 is 22.7 Å². The summed E-state index contributed by atoms with van der Waals surface area (Å²) in [6, 6.07) is 7.27. The summed E-state index contributed by atoms with van der Waals surface area (Å²) in [7, 11) is 0. The molecule has 0 saturated carbocycles. The fraction of sp³-hybridized carbons (Fsp3) is 0.500. The highest BCUT2D eigenvalue weighted by molar-refractivity contribution is 5.83. The number of anilines is 1. The van der Waals surface area contributed by atoms with Gasteiger partial charge in [-0.25, -0.2) is 4.98 Å². The molecule has 1 aromatic carbocycles. The standard InChI is InChI=1S/C20H23F3N4O2/c21-20(22,23)14-26-11-8-24-18(26)13-27-12-17(19(28)25-9-4-1-5-10-25)29-16-7-3-2-6-15(16)27/h2-3,6-8,11,17H,1,4-5,9-10,12-14H2. The highest BCUT2D eigenvalue weighted by Gasteiger charge is 2.35. The number of aromatic nitrogens is 2. The maximum atomic E-state index is 13.0. The Labute approximate surface area is 166 Å². The van der Waals surface area contributed by atoms with E-state index >= 15 is 0 Å². The Morgan fingerprint density at radius 2 is 1.93 bits per heavy atom. The predicted octanol–water partition coefficient (Wildman–Crippen LogP) is 3.23. The van der Waals surface area contributed by atoms with Gasteiger partial charge in [0.05, 0.1) is 18.8 Å². The first-order valence-electron chi connectivity index (χ1n) is 9.77. The first-order valence-corrected chi connectivity index (χ1v) is 9.77. The first kappa shape index (κ1) is 19.6. The van der Waals surface area contributed by atoms with Crippen LogP contribution in [0.4, 0.5) is 18.9 Å². The molecule has 9 heteroatoms. The van der Waals surface area contributed by atoms with Crippen molar-refractivity contribution in [3.05, 3.63) is 42.5 Å². The minimum Gasteiger partial charge on any atom is -0.477 e. The van der Waals surface area contributed by atoms with Gasteiger partial charge in [0.1, 0.15) is 18.1 Å². The van der Waals surface area contributed by atoms with Crippen molar-refractivity contribution in [3.8, 4) is 5.75 Å². The van der Waals surface area contributed by atoms with Crippen molar-refractivity contribution in [1.29, 1.82) is 0 Å². The summed E-state index contributed by atoms with van der Waals surface area (Å²) in [5.74, 6) is 0.786. The normalized spacial score (nSPS) is 19.6. The maximum Gasteiger partial charge on any atom is 0.406 e. The first-order chi connectivity index (χ1) is 13.9. The number of alkyl halides is 3. The van der Waals surface area contributed by atoms with Crippen molar-refractivity contribution >= 4 is 11.6 Å². The summed E-state index contributed by atoms with van der Waals surface area (Å²) in [5.41, 5.74) is 0.747. The summed E-state index contributed by atoms with van der Waals surface area (Å²) >= 11 is 0. The van der Waals surface area contributed by atoms with E-state index in [1.807, 2.05) is 28.0 Å². The number of likely N-dealkylation sites (tertiary alicyclic amines) is 1. The molecule has 1 fully saturated rings. The van der Waals surface area contributed by atoms with Gasteiger partial charge < -0.3 is 19.1 Å². The van der Waals surface area contributed by atoms with Crippen molar-refractivity contribution in [2.24, 2.45) is 0 Å². The van der Waals surface area contributed by atoms with Crippen molar-refractivity contribution in [2.75, 3.05) is 24.5 Å². The van der Waals surface area contributed by atoms with Gasteiger partial charge in [-0.1, -0.05) is 12.1 Å². The minimum atomic E-state index is -4.33. The average molecular weight is 408 g/mol. The second-order valence-corrected chi connectivity index (χ2v) is 7.43. The maximum absolute atomic E-state index is 13.0. The van der Waals surface area contributed by atoms with E-state index < -0.39 is 18.8 Å². The summed E-state index contributed by atoms with van der Waals surface area (Å²) < 4.78 is 45.6. The monoisotopic (exact) mass is 408 g/mol. The number of carbonyl (C=O) groups excluding carboxylic acids is 1. The number of amides is 1. The largest absolute Gasteiger partial charge is 0.477 e. The Bertz CT molecular complexity index is 861. The fourth-order valence-corrected chi connectivity index (χ4v) is 3.90. The number of ether oxygens (including phenoxy) is 1. The molecule has 0 aliphatic carbocycles. The highest BCUT2D eigenvalue weighted by atomic mass is 19.4. The van der Waals surface area contributed by atoms with E-state index in [-0.39, 0.29) is 19.0 Å². The number of rotatable bonds is 4. The summed E-state index contributed by atoms with van der Waals surface area (Å²) in [6.07, 6.45) is 0.752. The molecule has 0 bridgehead atoms. The number of hydrogen-bond donors (Lipinski definition) is 0. The highest BCUT2D eigenvalue weighted by Crippen LogP contribution is 2.34. The molecule has 2 aliphatic heterocycles. The van der Waals surface area contributed by atoms with Gasteiger partial charge >= 0.3 is 6.18 Å². The third-order valence-electron chi connectivity index (χ3n) is 5.29. The number of halogens is 3. The molecule has 156 valence electrons. The van der Waals surface area contributed by atoms with Gasteiger partial charge in [0, 0.05) is 25.5 Å². The number of carbonyl (C=O) groups is 1. The lowest BCUT2D eigenvalue weighted by Crippen LogP contribution is -2.51. The molecule has 3 heterocycles. The molecule has 4 rings (SSSR count). The molecule has 29 heavy (non-hydrogen) atoms. The molecule has 1 aromatic heterocycles. The fourth-order valence-electron chi connectivity index (χ4n) is 3.90. The number of hydrogen-bond acceptors (Lipinski definition) is 4. The minimum absolute atomic E-state index is 0.0668. The van der Waals surface area contributed by atoms with Crippen LogP contribution in [0.15, 0.2) is 36.7 Å². The van der Waals surface area contributed by atoms with E-state index in [9.17, 15) is 18.0 Å². The number of piperidine rings is 1.